The number of carbonyl (C=O) groups is 1. The minimum absolute atomic E-state index is 0.00243. The van der Waals surface area contributed by atoms with E-state index in [1.807, 2.05) is 36.1 Å². The number of amides is 1. The molecule has 1 aliphatic rings. The topological polar surface area (TPSA) is 55.6 Å². The first kappa shape index (κ1) is 14.0. The molecule has 1 amide bonds. The van der Waals surface area contributed by atoms with Crippen LogP contribution in [-0.4, -0.2) is 32.2 Å². The van der Waals surface area contributed by atoms with Gasteiger partial charge in [0, 0.05) is 18.8 Å². The lowest BCUT2D eigenvalue weighted by atomic mass is 10.1. The first-order valence-electron chi connectivity index (χ1n) is 6.89. The van der Waals surface area contributed by atoms with Crippen LogP contribution < -0.4 is 10.6 Å². The zero-order valence-electron chi connectivity index (χ0n) is 11.5. The number of ether oxygens (including phenoxy) is 1. The minimum atomic E-state index is -0.00243. The highest BCUT2D eigenvalue weighted by atomic mass is 16.5. The monoisotopic (exact) mass is 262 g/mol. The van der Waals surface area contributed by atoms with Crippen molar-refractivity contribution in [2.45, 2.75) is 19.8 Å². The van der Waals surface area contributed by atoms with Gasteiger partial charge in [-0.1, -0.05) is 18.2 Å². The summed E-state index contributed by atoms with van der Waals surface area (Å²) in [6.45, 7) is 4.54. The normalized spacial score (nSPS) is 18.5. The average Bonchev–Trinajstić information content (AvgIpc) is 2.94. The largest absolute Gasteiger partial charge is 0.381 e. The lowest BCUT2D eigenvalue weighted by molar-refractivity contribution is -0.122. The second-order valence-electron chi connectivity index (χ2n) is 4.98. The number of anilines is 1. The van der Waals surface area contributed by atoms with Gasteiger partial charge in [0.15, 0.2) is 0 Å². The summed E-state index contributed by atoms with van der Waals surface area (Å²) in [4.78, 5) is 14.5. The van der Waals surface area contributed by atoms with E-state index in [4.69, 9.17) is 10.5 Å². The van der Waals surface area contributed by atoms with Crippen molar-refractivity contribution in [3.63, 3.8) is 0 Å². The Morgan fingerprint density at radius 2 is 2.26 bits per heavy atom. The molecule has 19 heavy (non-hydrogen) atoms. The number of hydrogen-bond acceptors (Lipinski definition) is 3. The van der Waals surface area contributed by atoms with Crippen LogP contribution in [0.1, 0.15) is 18.4 Å². The summed E-state index contributed by atoms with van der Waals surface area (Å²) in [5, 5.41) is 0. The SMILES string of the molecule is Cc1ccccc1N(CCCN)C(=O)C1CCOC1. The van der Waals surface area contributed by atoms with Gasteiger partial charge in [0.05, 0.1) is 12.5 Å². The van der Waals surface area contributed by atoms with Gasteiger partial charge in [-0.3, -0.25) is 4.79 Å². The molecule has 0 aliphatic carbocycles. The highest BCUT2D eigenvalue weighted by Gasteiger charge is 2.29. The molecule has 104 valence electrons. The van der Waals surface area contributed by atoms with E-state index >= 15 is 0 Å². The van der Waals surface area contributed by atoms with Crippen LogP contribution in [0.15, 0.2) is 24.3 Å². The van der Waals surface area contributed by atoms with Crippen LogP contribution >= 0.6 is 0 Å². The molecule has 4 nitrogen and oxygen atoms in total. The van der Waals surface area contributed by atoms with E-state index in [1.54, 1.807) is 0 Å². The number of carbonyl (C=O) groups excluding carboxylic acids is 1. The van der Waals surface area contributed by atoms with Crippen molar-refractivity contribution in [1.82, 2.24) is 0 Å². The van der Waals surface area contributed by atoms with Gasteiger partial charge in [0.2, 0.25) is 5.91 Å². The van der Waals surface area contributed by atoms with Crippen LogP contribution in [0.4, 0.5) is 5.69 Å². The molecule has 1 fully saturated rings. The minimum Gasteiger partial charge on any atom is -0.381 e. The number of nitrogens with zero attached hydrogens (tertiary/aromatic N) is 1. The standard InChI is InChI=1S/C15H22N2O2/c1-12-5-2-3-6-14(12)17(9-4-8-16)15(18)13-7-10-19-11-13/h2-3,5-6,13H,4,7-11,16H2,1H3. The lowest BCUT2D eigenvalue weighted by Gasteiger charge is -2.26. The zero-order chi connectivity index (χ0) is 13.7. The van der Waals surface area contributed by atoms with Crippen molar-refractivity contribution < 1.29 is 9.53 Å². The Morgan fingerprint density at radius 1 is 1.47 bits per heavy atom. The first-order chi connectivity index (χ1) is 9.24. The smallest absolute Gasteiger partial charge is 0.232 e. The van der Waals surface area contributed by atoms with Crippen molar-refractivity contribution in [3.8, 4) is 0 Å². The van der Waals surface area contributed by atoms with Gasteiger partial charge in [0.25, 0.3) is 0 Å². The summed E-state index contributed by atoms with van der Waals surface area (Å²) in [7, 11) is 0. The third-order valence-electron chi connectivity index (χ3n) is 3.54. The summed E-state index contributed by atoms with van der Waals surface area (Å²) in [5.41, 5.74) is 7.69. The van der Waals surface area contributed by atoms with Gasteiger partial charge in [-0.05, 0) is 37.9 Å². The molecule has 0 radical (unpaired) electrons. The van der Waals surface area contributed by atoms with Crippen molar-refractivity contribution in [2.24, 2.45) is 11.7 Å². The third kappa shape index (κ3) is 3.33. The van der Waals surface area contributed by atoms with Crippen LogP contribution in [-0.2, 0) is 9.53 Å². The van der Waals surface area contributed by atoms with Crippen LogP contribution in [0, 0.1) is 12.8 Å². The fourth-order valence-corrected chi connectivity index (χ4v) is 2.41. The maximum atomic E-state index is 12.6. The van der Waals surface area contributed by atoms with Gasteiger partial charge < -0.3 is 15.4 Å². The molecule has 1 aromatic carbocycles. The fraction of sp³-hybridized carbons (Fsp3) is 0.533. The van der Waals surface area contributed by atoms with Crippen molar-refractivity contribution >= 4 is 11.6 Å². The quantitative estimate of drug-likeness (QED) is 0.879. The number of rotatable bonds is 5. The molecule has 0 spiro atoms. The number of para-hydroxylation sites is 1. The Hall–Kier alpha value is -1.39. The third-order valence-corrected chi connectivity index (χ3v) is 3.54. The van der Waals surface area contributed by atoms with Gasteiger partial charge >= 0.3 is 0 Å². The van der Waals surface area contributed by atoms with Crippen molar-refractivity contribution in [3.05, 3.63) is 29.8 Å². The molecular weight excluding hydrogens is 240 g/mol. The molecule has 1 saturated heterocycles. The van der Waals surface area contributed by atoms with Gasteiger partial charge in [-0.2, -0.15) is 0 Å². The van der Waals surface area contributed by atoms with Crippen molar-refractivity contribution in [2.75, 3.05) is 31.2 Å². The van der Waals surface area contributed by atoms with Crippen LogP contribution in [0.25, 0.3) is 0 Å². The Balaban J connectivity index is 2.19. The van der Waals surface area contributed by atoms with Gasteiger partial charge in [-0.15, -0.1) is 0 Å². The molecule has 2 N–H and O–H groups in total. The van der Waals surface area contributed by atoms with E-state index in [0.29, 0.717) is 26.3 Å². The molecule has 0 saturated carbocycles. The zero-order valence-corrected chi connectivity index (χ0v) is 11.5. The Bertz CT molecular complexity index is 428. The summed E-state index contributed by atoms with van der Waals surface area (Å²) in [6, 6.07) is 7.99. The molecule has 1 aromatic rings. The molecule has 0 bridgehead atoms. The van der Waals surface area contributed by atoms with E-state index < -0.39 is 0 Å². The Labute approximate surface area is 114 Å². The summed E-state index contributed by atoms with van der Waals surface area (Å²) >= 11 is 0. The summed E-state index contributed by atoms with van der Waals surface area (Å²) in [5.74, 6) is 0.164. The molecule has 1 unspecified atom stereocenters. The highest BCUT2D eigenvalue weighted by molar-refractivity contribution is 5.95. The van der Waals surface area contributed by atoms with Crippen LogP contribution in [0.5, 0.6) is 0 Å². The summed E-state index contributed by atoms with van der Waals surface area (Å²) in [6.07, 6.45) is 1.64. The Morgan fingerprint density at radius 3 is 2.89 bits per heavy atom. The second kappa shape index (κ2) is 6.68. The maximum absolute atomic E-state index is 12.6. The lowest BCUT2D eigenvalue weighted by Crippen LogP contribution is -2.38. The Kier molecular flexibility index (Phi) is 4.93. The highest BCUT2D eigenvalue weighted by Crippen LogP contribution is 2.24. The van der Waals surface area contributed by atoms with Gasteiger partial charge in [-0.25, -0.2) is 0 Å². The predicted molar refractivity (Wildman–Crippen MR) is 76.1 cm³/mol. The molecule has 2 rings (SSSR count). The van der Waals surface area contributed by atoms with Crippen LogP contribution in [0.2, 0.25) is 0 Å². The number of aryl methyl sites for hydroxylation is 1. The van der Waals surface area contributed by atoms with Crippen LogP contribution in [0.3, 0.4) is 0 Å². The molecular formula is C15H22N2O2. The molecule has 0 aromatic heterocycles. The molecule has 1 atom stereocenters. The van der Waals surface area contributed by atoms with E-state index in [9.17, 15) is 4.79 Å². The fourth-order valence-electron chi connectivity index (χ4n) is 2.41. The molecule has 1 aliphatic heterocycles. The average molecular weight is 262 g/mol. The number of nitrogens with two attached hydrogens (primary N) is 1. The number of hydrogen-bond donors (Lipinski definition) is 1. The van der Waals surface area contributed by atoms with Gasteiger partial charge in [0.1, 0.15) is 0 Å². The number of benzene rings is 1. The second-order valence-corrected chi connectivity index (χ2v) is 4.98. The molecule has 4 heteroatoms. The summed E-state index contributed by atoms with van der Waals surface area (Å²) < 4.78 is 5.33. The van der Waals surface area contributed by atoms with E-state index in [2.05, 4.69) is 0 Å². The first-order valence-corrected chi connectivity index (χ1v) is 6.89. The maximum Gasteiger partial charge on any atom is 0.232 e. The van der Waals surface area contributed by atoms with E-state index in [0.717, 1.165) is 24.1 Å². The molecule has 1 heterocycles. The van der Waals surface area contributed by atoms with E-state index in [1.165, 1.54) is 0 Å². The van der Waals surface area contributed by atoms with Crippen molar-refractivity contribution in [1.29, 1.82) is 0 Å². The van der Waals surface area contributed by atoms with E-state index in [-0.39, 0.29) is 11.8 Å². The predicted octanol–water partition coefficient (Wildman–Crippen LogP) is 1.71.